The zero-order valence-electron chi connectivity index (χ0n) is 57.9. The number of nitrogens with two attached hydrogens (primary N) is 2. The normalized spacial score (nSPS) is 11.8. The van der Waals surface area contributed by atoms with E-state index in [1.165, 1.54) is 244 Å². The van der Waals surface area contributed by atoms with Crippen LogP contribution in [0.5, 0.6) is 0 Å². The average Bonchev–Trinajstić information content (AvgIpc) is 3.52. The smallest absolute Gasteiger partial charge is 0.379 e. The summed E-state index contributed by atoms with van der Waals surface area (Å²) in [7, 11) is -8.18. The van der Waals surface area contributed by atoms with Crippen LogP contribution < -0.4 is 11.5 Å². The first-order chi connectivity index (χ1) is 43.2. The van der Waals surface area contributed by atoms with Crippen LogP contribution in [0.1, 0.15) is 297 Å². The van der Waals surface area contributed by atoms with Crippen molar-refractivity contribution in [1.82, 2.24) is 0 Å². The molecule has 0 amide bonds. The van der Waals surface area contributed by atoms with E-state index in [9.17, 15) is 18.9 Å². The van der Waals surface area contributed by atoms with Crippen LogP contribution in [0, 0.1) is 0 Å². The van der Waals surface area contributed by atoms with E-state index < -0.39 is 15.6 Å². The minimum absolute atomic E-state index is 0.0146. The molecule has 534 valence electrons. The van der Waals surface area contributed by atoms with Crippen molar-refractivity contribution in [1.29, 1.82) is 0 Å². The fraction of sp³-hybridized carbons (Fsp3) is 1.00. The van der Waals surface area contributed by atoms with E-state index in [1.807, 2.05) is 0 Å². The molecular formula is C68H146N2O16P2. The minimum Gasteiger partial charge on any atom is -0.379 e. The third-order valence-corrected chi connectivity index (χ3v) is 16.7. The number of hydrogen-bond donors (Lipinski definition) is 4. The monoisotopic (exact) mass is 1310 g/mol. The molecule has 0 heterocycles. The van der Waals surface area contributed by atoms with Gasteiger partial charge in [0.1, 0.15) is 0 Å². The van der Waals surface area contributed by atoms with Crippen molar-refractivity contribution in [3.8, 4) is 0 Å². The Balaban J connectivity index is -0.00000135. The van der Waals surface area contributed by atoms with Crippen LogP contribution in [0.3, 0.4) is 0 Å². The maximum absolute atomic E-state index is 11.8. The molecule has 0 unspecified atom stereocenters. The van der Waals surface area contributed by atoms with Gasteiger partial charge in [0.25, 0.3) is 0 Å². The van der Waals surface area contributed by atoms with E-state index in [1.54, 1.807) is 0 Å². The lowest BCUT2D eigenvalue weighted by Crippen LogP contribution is -2.11. The summed E-state index contributed by atoms with van der Waals surface area (Å²) in [4.78, 5) is 19.3. The van der Waals surface area contributed by atoms with Crippen LogP contribution in [-0.2, 0) is 65.1 Å². The summed E-state index contributed by atoms with van der Waals surface area (Å²) in [6, 6.07) is 0. The molecular weight excluding hydrogens is 1160 g/mol. The van der Waals surface area contributed by atoms with Crippen LogP contribution in [0.15, 0.2) is 0 Å². The Morgan fingerprint density at radius 1 is 0.205 bits per heavy atom. The molecule has 0 fully saturated rings. The van der Waals surface area contributed by atoms with Crippen LogP contribution in [-0.4, -0.2) is 155 Å². The zero-order valence-corrected chi connectivity index (χ0v) is 59.7. The van der Waals surface area contributed by atoms with E-state index >= 15 is 0 Å². The van der Waals surface area contributed by atoms with Crippen molar-refractivity contribution >= 4 is 15.6 Å². The van der Waals surface area contributed by atoms with Gasteiger partial charge in [0, 0.05) is 26.4 Å². The molecule has 0 aliphatic carbocycles. The Morgan fingerprint density at radius 3 is 0.511 bits per heavy atom. The SMILES string of the molecule is CCCCCCCCCCOCCOCCOP(=O)(O)OCCOCCOCCCCCCCCCC.CCCCCCCCCCOCCOCCOP(=O)(O)OCCOCCOCCCCCCCCCC.NCCCCCCCCCCCCN. The Labute approximate surface area is 542 Å². The molecule has 0 bridgehead atoms. The standard InChI is InChI=1S/2C28H59O8P.C12H28N2/c2*1-3-5-7-9-11-13-15-17-19-31-21-23-33-25-27-35-37(29,30)36-28-26-34-24-22-32-20-18-16-14-12-10-8-6-4-2;13-11-9-7-5-3-1-2-4-6-8-10-12-14/h2*3-28H2,1-2H3,(H,29,30);1-14H2. The molecule has 0 spiro atoms. The predicted octanol–water partition coefficient (Wildman–Crippen LogP) is 17.7. The van der Waals surface area contributed by atoms with Crippen LogP contribution >= 0.6 is 15.6 Å². The molecule has 6 N–H and O–H groups in total. The maximum Gasteiger partial charge on any atom is 0.472 e. The Morgan fingerprint density at radius 2 is 0.341 bits per heavy atom. The number of phosphoric acid groups is 2. The van der Waals surface area contributed by atoms with Gasteiger partial charge in [0.15, 0.2) is 0 Å². The summed E-state index contributed by atoms with van der Waals surface area (Å²) in [6.07, 6.45) is 54.4. The highest BCUT2D eigenvalue weighted by molar-refractivity contribution is 7.47. The summed E-state index contributed by atoms with van der Waals surface area (Å²) in [6.45, 7) is 18.3. The van der Waals surface area contributed by atoms with Gasteiger partial charge in [0.2, 0.25) is 0 Å². The van der Waals surface area contributed by atoms with Crippen LogP contribution in [0.25, 0.3) is 0 Å². The first kappa shape index (κ1) is 92.0. The van der Waals surface area contributed by atoms with Crippen molar-refractivity contribution in [2.24, 2.45) is 11.5 Å². The number of rotatable bonds is 75. The predicted molar refractivity (Wildman–Crippen MR) is 365 cm³/mol. The number of unbranched alkanes of at least 4 members (excludes halogenated alkanes) is 37. The average molecular weight is 1310 g/mol. The van der Waals surface area contributed by atoms with Gasteiger partial charge in [-0.1, -0.05) is 259 Å². The van der Waals surface area contributed by atoms with Crippen molar-refractivity contribution in [2.75, 3.05) is 145 Å². The molecule has 0 aromatic rings. The van der Waals surface area contributed by atoms with E-state index in [0.717, 1.165) is 65.2 Å². The lowest BCUT2D eigenvalue weighted by Gasteiger charge is -2.12. The van der Waals surface area contributed by atoms with Gasteiger partial charge in [-0.05, 0) is 51.6 Å². The fourth-order valence-corrected chi connectivity index (χ4v) is 10.6. The molecule has 0 aromatic carbocycles. The van der Waals surface area contributed by atoms with Gasteiger partial charge >= 0.3 is 15.6 Å². The lowest BCUT2D eigenvalue weighted by atomic mass is 10.1. The third-order valence-electron chi connectivity index (χ3n) is 14.6. The molecule has 0 aliphatic rings. The summed E-state index contributed by atoms with van der Waals surface area (Å²) in [5.41, 5.74) is 10.9. The first-order valence-electron chi connectivity index (χ1n) is 36.4. The highest BCUT2D eigenvalue weighted by atomic mass is 31.2. The summed E-state index contributed by atoms with van der Waals surface area (Å²) >= 11 is 0. The molecule has 0 radical (unpaired) electrons. The second-order valence-electron chi connectivity index (χ2n) is 23.2. The largest absolute Gasteiger partial charge is 0.472 e. The van der Waals surface area contributed by atoms with Crippen molar-refractivity contribution in [3.05, 3.63) is 0 Å². The molecule has 18 nitrogen and oxygen atoms in total. The molecule has 0 atom stereocenters. The minimum atomic E-state index is -4.09. The molecule has 0 aromatic heterocycles. The maximum atomic E-state index is 11.8. The van der Waals surface area contributed by atoms with Gasteiger partial charge in [-0.25, -0.2) is 9.13 Å². The van der Waals surface area contributed by atoms with Crippen LogP contribution in [0.2, 0.25) is 0 Å². The van der Waals surface area contributed by atoms with Gasteiger partial charge in [-0.15, -0.1) is 0 Å². The van der Waals surface area contributed by atoms with Gasteiger partial charge < -0.3 is 59.1 Å². The van der Waals surface area contributed by atoms with E-state index in [0.29, 0.717) is 52.9 Å². The quantitative estimate of drug-likeness (QED) is 0.0327. The van der Waals surface area contributed by atoms with Gasteiger partial charge in [-0.3, -0.25) is 18.1 Å². The van der Waals surface area contributed by atoms with E-state index in [2.05, 4.69) is 27.7 Å². The van der Waals surface area contributed by atoms with E-state index in [4.69, 9.17) is 67.5 Å². The Hall–Kier alpha value is -0.180. The molecule has 20 heteroatoms. The number of ether oxygens (including phenoxy) is 8. The number of hydrogen-bond acceptors (Lipinski definition) is 16. The molecule has 88 heavy (non-hydrogen) atoms. The van der Waals surface area contributed by atoms with Crippen molar-refractivity contribution < 1.29 is 74.9 Å². The second kappa shape index (κ2) is 82.9. The lowest BCUT2D eigenvalue weighted by molar-refractivity contribution is 0.0192. The number of phosphoric ester groups is 2. The van der Waals surface area contributed by atoms with Crippen molar-refractivity contribution in [3.63, 3.8) is 0 Å². The summed E-state index contributed by atoms with van der Waals surface area (Å²) in [5, 5.41) is 0. The van der Waals surface area contributed by atoms with Gasteiger partial charge in [-0.2, -0.15) is 0 Å². The first-order valence-corrected chi connectivity index (χ1v) is 39.4. The molecule has 0 rings (SSSR count). The highest BCUT2D eigenvalue weighted by Crippen LogP contribution is 2.43. The summed E-state index contributed by atoms with van der Waals surface area (Å²) < 4.78 is 86.9. The molecule has 0 saturated heterocycles. The second-order valence-corrected chi connectivity index (χ2v) is 26.1. The molecule has 0 aliphatic heterocycles. The zero-order chi connectivity index (χ0) is 64.7. The van der Waals surface area contributed by atoms with Gasteiger partial charge in [0.05, 0.1) is 106 Å². The Kier molecular flexibility index (Phi) is 86.7. The third kappa shape index (κ3) is 90.0. The van der Waals surface area contributed by atoms with E-state index in [-0.39, 0.29) is 52.9 Å². The fourth-order valence-electron chi connectivity index (χ4n) is 9.26. The Bertz CT molecular complexity index is 1170. The topological polar surface area (TPSA) is 237 Å². The van der Waals surface area contributed by atoms with Crippen LogP contribution in [0.4, 0.5) is 0 Å². The molecule has 0 saturated carbocycles. The highest BCUT2D eigenvalue weighted by Gasteiger charge is 2.21. The summed E-state index contributed by atoms with van der Waals surface area (Å²) in [5.74, 6) is 0. The van der Waals surface area contributed by atoms with Crippen molar-refractivity contribution in [2.45, 2.75) is 297 Å².